The summed E-state index contributed by atoms with van der Waals surface area (Å²) in [4.78, 5) is 23.5. The Morgan fingerprint density at radius 2 is 1.97 bits per heavy atom. The molecule has 3 rings (SSSR count). The van der Waals surface area contributed by atoms with Crippen LogP contribution in [0.2, 0.25) is 5.02 Å². The van der Waals surface area contributed by atoms with Crippen LogP contribution in [0.5, 0.6) is 5.75 Å². The number of ether oxygens (including phenoxy) is 2. The highest BCUT2D eigenvalue weighted by atomic mass is 35.5. The van der Waals surface area contributed by atoms with Crippen molar-refractivity contribution in [1.29, 1.82) is 0 Å². The predicted octanol–water partition coefficient (Wildman–Crippen LogP) is 5.31. The summed E-state index contributed by atoms with van der Waals surface area (Å²) in [6.07, 6.45) is 1.06. The number of aromatic carboxylic acids is 1. The molecule has 2 N–H and O–H groups in total. The predicted molar refractivity (Wildman–Crippen MR) is 119 cm³/mol. The number of nitrogens with one attached hydrogen (secondary N) is 1. The summed E-state index contributed by atoms with van der Waals surface area (Å²) in [6, 6.07) is 12.3. The summed E-state index contributed by atoms with van der Waals surface area (Å²) in [6.45, 7) is 5.98. The van der Waals surface area contributed by atoms with E-state index < -0.39 is 17.6 Å². The third-order valence-corrected chi connectivity index (χ3v) is 5.60. The molecular formula is C24H28ClNO5. The Hall–Kier alpha value is -2.57. The highest BCUT2D eigenvalue weighted by molar-refractivity contribution is 6.30. The summed E-state index contributed by atoms with van der Waals surface area (Å²) in [7, 11) is 0. The standard InChI is InChI=1S/C24H28ClNO5/c1-4-10-30-20-9-8-17(23(28)29)12-19(20)22-14-24(3,26-15(2)27)13-21(31-22)16-6-5-7-18(25)11-16/h5-9,11-12,21-22H,4,10,13-14H2,1-3H3,(H,26,27)(H,28,29)/t21-,22+,24-/m0/s1. The SMILES string of the molecule is CCCOc1ccc(C(=O)O)cc1[C@H]1C[C@@](C)(NC(C)=O)C[C@@H](c2cccc(Cl)c2)O1. The van der Waals surface area contributed by atoms with Crippen LogP contribution >= 0.6 is 11.6 Å². The number of carbonyl (C=O) groups is 2. The summed E-state index contributed by atoms with van der Waals surface area (Å²) < 4.78 is 12.4. The molecule has 3 atom stereocenters. The first-order valence-corrected chi connectivity index (χ1v) is 10.8. The van der Waals surface area contributed by atoms with Crippen LogP contribution in [0.3, 0.4) is 0 Å². The van der Waals surface area contributed by atoms with Gasteiger partial charge in [-0.3, -0.25) is 4.79 Å². The van der Waals surface area contributed by atoms with Crippen molar-refractivity contribution in [2.24, 2.45) is 0 Å². The molecule has 1 saturated heterocycles. The Morgan fingerprint density at radius 3 is 2.61 bits per heavy atom. The van der Waals surface area contributed by atoms with E-state index in [0.717, 1.165) is 12.0 Å². The van der Waals surface area contributed by atoms with Crippen LogP contribution in [-0.4, -0.2) is 29.1 Å². The van der Waals surface area contributed by atoms with Gasteiger partial charge in [0.05, 0.1) is 24.4 Å². The number of carboxylic acids is 1. The first-order valence-electron chi connectivity index (χ1n) is 10.4. The lowest BCUT2D eigenvalue weighted by Gasteiger charge is -2.43. The average molecular weight is 446 g/mol. The van der Waals surface area contributed by atoms with Gasteiger partial charge in [0, 0.05) is 35.9 Å². The first-order chi connectivity index (χ1) is 14.7. The number of carbonyl (C=O) groups excluding carboxylic acids is 1. The number of carboxylic acid groups (broad SMARTS) is 1. The van der Waals surface area contributed by atoms with Crippen LogP contribution in [0, 0.1) is 0 Å². The summed E-state index contributed by atoms with van der Waals surface area (Å²) in [5.41, 5.74) is 1.17. The highest BCUT2D eigenvalue weighted by Crippen LogP contribution is 2.46. The number of halogens is 1. The molecule has 2 aromatic carbocycles. The van der Waals surface area contributed by atoms with Crippen LogP contribution < -0.4 is 10.1 Å². The summed E-state index contributed by atoms with van der Waals surface area (Å²) >= 11 is 6.20. The van der Waals surface area contributed by atoms with Gasteiger partial charge in [0.15, 0.2) is 0 Å². The quantitative estimate of drug-likeness (QED) is 0.602. The Kier molecular flexibility index (Phi) is 7.23. The van der Waals surface area contributed by atoms with Crippen molar-refractivity contribution >= 4 is 23.5 Å². The minimum atomic E-state index is -1.02. The molecule has 7 heteroatoms. The summed E-state index contributed by atoms with van der Waals surface area (Å²) in [5, 5.41) is 13.2. The van der Waals surface area contributed by atoms with Crippen molar-refractivity contribution in [3.8, 4) is 5.75 Å². The fourth-order valence-corrected chi connectivity index (χ4v) is 4.29. The van der Waals surface area contributed by atoms with Crippen molar-refractivity contribution in [3.63, 3.8) is 0 Å². The van der Waals surface area contributed by atoms with E-state index >= 15 is 0 Å². The molecule has 0 aliphatic carbocycles. The lowest BCUT2D eigenvalue weighted by molar-refractivity contribution is -0.126. The molecule has 1 amide bonds. The van der Waals surface area contributed by atoms with E-state index in [1.165, 1.54) is 13.0 Å². The fourth-order valence-electron chi connectivity index (χ4n) is 4.09. The monoisotopic (exact) mass is 445 g/mol. The van der Waals surface area contributed by atoms with Gasteiger partial charge in [0.2, 0.25) is 5.91 Å². The molecule has 1 heterocycles. The second-order valence-electron chi connectivity index (χ2n) is 8.22. The van der Waals surface area contributed by atoms with Gasteiger partial charge in [0.1, 0.15) is 5.75 Å². The number of amides is 1. The van der Waals surface area contributed by atoms with E-state index in [9.17, 15) is 14.7 Å². The smallest absolute Gasteiger partial charge is 0.335 e. The van der Waals surface area contributed by atoms with Crippen LogP contribution in [-0.2, 0) is 9.53 Å². The zero-order chi connectivity index (χ0) is 22.6. The lowest BCUT2D eigenvalue weighted by atomic mass is 9.81. The van der Waals surface area contributed by atoms with Gasteiger partial charge in [-0.2, -0.15) is 0 Å². The zero-order valence-electron chi connectivity index (χ0n) is 18.0. The molecule has 31 heavy (non-hydrogen) atoms. The highest BCUT2D eigenvalue weighted by Gasteiger charge is 2.41. The van der Waals surface area contributed by atoms with E-state index in [4.69, 9.17) is 21.1 Å². The van der Waals surface area contributed by atoms with Gasteiger partial charge in [-0.25, -0.2) is 4.79 Å². The van der Waals surface area contributed by atoms with Crippen molar-refractivity contribution in [1.82, 2.24) is 5.32 Å². The van der Waals surface area contributed by atoms with E-state index in [1.807, 2.05) is 32.0 Å². The van der Waals surface area contributed by atoms with Gasteiger partial charge < -0.3 is 19.9 Å². The Labute approximate surface area is 187 Å². The van der Waals surface area contributed by atoms with Gasteiger partial charge in [-0.15, -0.1) is 0 Å². The van der Waals surface area contributed by atoms with Gasteiger partial charge >= 0.3 is 5.97 Å². The minimum Gasteiger partial charge on any atom is -0.493 e. The molecule has 0 saturated carbocycles. The maximum atomic E-state index is 11.9. The largest absolute Gasteiger partial charge is 0.493 e. The molecular weight excluding hydrogens is 418 g/mol. The third kappa shape index (κ3) is 5.77. The molecule has 6 nitrogen and oxygen atoms in total. The topological polar surface area (TPSA) is 84.9 Å². The Bertz CT molecular complexity index is 963. The zero-order valence-corrected chi connectivity index (χ0v) is 18.7. The van der Waals surface area contributed by atoms with Gasteiger partial charge in [-0.1, -0.05) is 30.7 Å². The van der Waals surface area contributed by atoms with E-state index in [1.54, 1.807) is 18.2 Å². The maximum absolute atomic E-state index is 11.9. The van der Waals surface area contributed by atoms with Crippen LogP contribution in [0.25, 0.3) is 0 Å². The van der Waals surface area contributed by atoms with E-state index in [-0.39, 0.29) is 17.6 Å². The number of rotatable bonds is 7. The van der Waals surface area contributed by atoms with Crippen LogP contribution in [0.1, 0.15) is 73.7 Å². The molecule has 0 spiro atoms. The molecule has 1 aliphatic heterocycles. The maximum Gasteiger partial charge on any atom is 0.335 e. The second-order valence-corrected chi connectivity index (χ2v) is 8.66. The average Bonchev–Trinajstić information content (AvgIpc) is 2.70. The van der Waals surface area contributed by atoms with Crippen LogP contribution in [0.4, 0.5) is 0 Å². The van der Waals surface area contributed by atoms with Gasteiger partial charge in [-0.05, 0) is 49.2 Å². The van der Waals surface area contributed by atoms with Crippen molar-refractivity contribution in [2.75, 3.05) is 6.61 Å². The van der Waals surface area contributed by atoms with Crippen LogP contribution in [0.15, 0.2) is 42.5 Å². The molecule has 0 bridgehead atoms. The Morgan fingerprint density at radius 1 is 1.23 bits per heavy atom. The van der Waals surface area contributed by atoms with Crippen molar-refractivity contribution < 1.29 is 24.2 Å². The third-order valence-electron chi connectivity index (χ3n) is 5.36. The molecule has 0 aromatic heterocycles. The second kappa shape index (κ2) is 9.71. The minimum absolute atomic E-state index is 0.130. The fraction of sp³-hybridized carbons (Fsp3) is 0.417. The summed E-state index contributed by atoms with van der Waals surface area (Å²) in [5.74, 6) is -0.557. The molecule has 0 unspecified atom stereocenters. The number of hydrogen-bond acceptors (Lipinski definition) is 4. The molecule has 166 valence electrons. The first kappa shape index (κ1) is 23.1. The van der Waals surface area contributed by atoms with Crippen molar-refractivity contribution in [2.45, 2.75) is 57.8 Å². The normalized spacial score (nSPS) is 23.2. The Balaban J connectivity index is 2.04. The number of benzene rings is 2. The van der Waals surface area contributed by atoms with E-state index in [2.05, 4.69) is 5.32 Å². The number of hydrogen-bond donors (Lipinski definition) is 2. The van der Waals surface area contributed by atoms with E-state index in [0.29, 0.717) is 35.8 Å². The molecule has 0 radical (unpaired) electrons. The molecule has 1 fully saturated rings. The van der Waals surface area contributed by atoms with Crippen molar-refractivity contribution in [3.05, 3.63) is 64.2 Å². The lowest BCUT2D eigenvalue weighted by Crippen LogP contribution is -2.50. The molecule has 1 aliphatic rings. The molecule has 2 aromatic rings. The van der Waals surface area contributed by atoms with Gasteiger partial charge in [0.25, 0.3) is 0 Å².